The second-order valence-corrected chi connectivity index (χ2v) is 13.6. The molecule has 47 heavy (non-hydrogen) atoms. The van der Waals surface area contributed by atoms with Crippen LogP contribution in [0.4, 0.5) is 34.1 Å². The molecule has 3 nitrogen and oxygen atoms in total. The molecule has 0 aliphatic carbocycles. The first kappa shape index (κ1) is 29.3. The van der Waals surface area contributed by atoms with Crippen LogP contribution in [0.1, 0.15) is 48.9 Å². The highest BCUT2D eigenvalue weighted by molar-refractivity contribution is 5.87. The number of hydrogen-bond donors (Lipinski definition) is 0. The Balaban J connectivity index is 1.37. The van der Waals surface area contributed by atoms with Crippen molar-refractivity contribution in [1.82, 2.24) is 0 Å². The van der Waals surface area contributed by atoms with Crippen LogP contribution in [-0.4, -0.2) is 0 Å². The van der Waals surface area contributed by atoms with Crippen LogP contribution in [0.15, 0.2) is 146 Å². The molecule has 2 unspecified atom stereocenters. The molecule has 8 rings (SSSR count). The lowest BCUT2D eigenvalue weighted by molar-refractivity contribution is -0.0662. The van der Waals surface area contributed by atoms with E-state index >= 15 is 0 Å². The van der Waals surface area contributed by atoms with Crippen LogP contribution in [0.2, 0.25) is 0 Å². The van der Waals surface area contributed by atoms with Gasteiger partial charge in [-0.2, -0.15) is 0 Å². The number of ether oxygens (including phenoxy) is 1. The summed E-state index contributed by atoms with van der Waals surface area (Å²) in [6.07, 6.45) is 2.12. The summed E-state index contributed by atoms with van der Waals surface area (Å²) < 4.78 is 6.67. The van der Waals surface area contributed by atoms with E-state index in [2.05, 4.69) is 183 Å². The molecule has 2 heterocycles. The molecule has 0 saturated carbocycles. The second-order valence-electron chi connectivity index (χ2n) is 13.6. The summed E-state index contributed by atoms with van der Waals surface area (Å²) in [6.45, 7) is 8.79. The summed E-state index contributed by atoms with van der Waals surface area (Å²) in [7, 11) is 0. The number of anilines is 6. The van der Waals surface area contributed by atoms with Gasteiger partial charge in [0.1, 0.15) is 0 Å². The molecule has 6 aromatic rings. The molecule has 0 N–H and O–H groups in total. The SMILES string of the molecule is Cc1ccc(N(c2ccc(C)cc2)c2cc(-c3ccc4c(c3)C3(C)CCC4(C)O3)cc(N(c3ccccc3)c3ccccc3)c2)cc1. The first-order valence-electron chi connectivity index (χ1n) is 16.6. The topological polar surface area (TPSA) is 15.7 Å². The number of para-hydroxylation sites is 2. The standard InChI is InChI=1S/C44H40N2O/c1-31-15-20-37(21-16-31)46(38-22-17-32(2)18-23-38)40-28-34(33-19-24-41-42(29-33)44(4)26-25-43(41,3)47-44)27-39(30-40)45(35-11-7-5-8-12-35)36-13-9-6-10-14-36/h5-24,27-30H,25-26H2,1-4H3. The Morgan fingerprint density at radius 1 is 0.426 bits per heavy atom. The van der Waals surface area contributed by atoms with Crippen molar-refractivity contribution < 1.29 is 4.74 Å². The summed E-state index contributed by atoms with van der Waals surface area (Å²) in [5.41, 5.74) is 13.7. The van der Waals surface area contributed by atoms with Crippen molar-refractivity contribution in [1.29, 1.82) is 0 Å². The molecule has 0 aromatic heterocycles. The van der Waals surface area contributed by atoms with Gasteiger partial charge >= 0.3 is 0 Å². The minimum absolute atomic E-state index is 0.194. The quantitative estimate of drug-likeness (QED) is 0.178. The van der Waals surface area contributed by atoms with Gasteiger partial charge in [-0.3, -0.25) is 0 Å². The highest BCUT2D eigenvalue weighted by Crippen LogP contribution is 2.58. The van der Waals surface area contributed by atoms with Crippen molar-refractivity contribution in [2.24, 2.45) is 0 Å². The lowest BCUT2D eigenvalue weighted by Crippen LogP contribution is -2.18. The molecule has 3 heteroatoms. The first-order chi connectivity index (χ1) is 22.8. The Hall–Kier alpha value is -5.12. The number of fused-ring (bicyclic) bond motifs is 5. The molecule has 232 valence electrons. The van der Waals surface area contributed by atoms with Crippen LogP contribution in [0, 0.1) is 13.8 Å². The van der Waals surface area contributed by atoms with E-state index in [9.17, 15) is 0 Å². The van der Waals surface area contributed by atoms with Gasteiger partial charge < -0.3 is 14.5 Å². The minimum Gasteiger partial charge on any atom is -0.360 e. The predicted molar refractivity (Wildman–Crippen MR) is 196 cm³/mol. The van der Waals surface area contributed by atoms with Crippen LogP contribution in [0.25, 0.3) is 11.1 Å². The average molecular weight is 613 g/mol. The van der Waals surface area contributed by atoms with Gasteiger partial charge in [-0.05, 0) is 136 Å². The third kappa shape index (κ3) is 5.21. The first-order valence-corrected chi connectivity index (χ1v) is 16.6. The maximum Gasteiger partial charge on any atom is 0.0920 e. The Morgan fingerprint density at radius 3 is 1.36 bits per heavy atom. The van der Waals surface area contributed by atoms with Crippen molar-refractivity contribution in [3.8, 4) is 11.1 Å². The van der Waals surface area contributed by atoms with E-state index in [0.717, 1.165) is 52.5 Å². The summed E-state index contributed by atoms with van der Waals surface area (Å²) in [4.78, 5) is 4.73. The average Bonchev–Trinajstić information content (AvgIpc) is 3.54. The molecule has 0 radical (unpaired) electrons. The third-order valence-corrected chi connectivity index (χ3v) is 10.1. The van der Waals surface area contributed by atoms with Gasteiger partial charge in [0.25, 0.3) is 0 Å². The summed E-state index contributed by atoms with van der Waals surface area (Å²) in [5, 5.41) is 0. The van der Waals surface area contributed by atoms with Crippen LogP contribution in [-0.2, 0) is 15.9 Å². The molecule has 1 saturated heterocycles. The lowest BCUT2D eigenvalue weighted by atomic mass is 9.77. The van der Waals surface area contributed by atoms with Gasteiger partial charge in [0.2, 0.25) is 0 Å². The molecule has 0 spiro atoms. The van der Waals surface area contributed by atoms with Crippen LogP contribution in [0.3, 0.4) is 0 Å². The second kappa shape index (κ2) is 11.3. The van der Waals surface area contributed by atoms with E-state index in [0.29, 0.717) is 0 Å². The maximum atomic E-state index is 6.67. The zero-order valence-electron chi connectivity index (χ0n) is 27.6. The fourth-order valence-electron chi connectivity index (χ4n) is 7.53. The Kier molecular flexibility index (Phi) is 7.04. The van der Waals surface area contributed by atoms with Crippen molar-refractivity contribution in [3.63, 3.8) is 0 Å². The van der Waals surface area contributed by atoms with Crippen LogP contribution < -0.4 is 9.80 Å². The fraction of sp³-hybridized carbons (Fsp3) is 0.182. The summed E-state index contributed by atoms with van der Waals surface area (Å²) >= 11 is 0. The molecule has 2 bridgehead atoms. The largest absolute Gasteiger partial charge is 0.360 e. The van der Waals surface area contributed by atoms with Crippen LogP contribution >= 0.6 is 0 Å². The van der Waals surface area contributed by atoms with Gasteiger partial charge in [0.05, 0.1) is 11.2 Å². The summed E-state index contributed by atoms with van der Waals surface area (Å²) in [5.74, 6) is 0. The normalized spacial score (nSPS) is 19.4. The number of nitrogens with zero attached hydrogens (tertiary/aromatic N) is 2. The number of benzene rings is 6. The van der Waals surface area contributed by atoms with Crippen molar-refractivity contribution >= 4 is 34.1 Å². The van der Waals surface area contributed by atoms with E-state index in [1.807, 2.05) is 0 Å². The van der Waals surface area contributed by atoms with Crippen molar-refractivity contribution in [3.05, 3.63) is 168 Å². The van der Waals surface area contributed by atoms with Gasteiger partial charge in [-0.25, -0.2) is 0 Å². The maximum absolute atomic E-state index is 6.67. The lowest BCUT2D eigenvalue weighted by Gasteiger charge is -2.30. The fourth-order valence-corrected chi connectivity index (χ4v) is 7.53. The molecular formula is C44H40N2O. The molecule has 2 aliphatic rings. The Labute approximate surface area is 278 Å². The number of rotatable bonds is 7. The van der Waals surface area contributed by atoms with E-state index in [1.165, 1.54) is 27.8 Å². The number of hydrogen-bond acceptors (Lipinski definition) is 3. The zero-order chi connectivity index (χ0) is 32.2. The molecule has 0 amide bonds. The van der Waals surface area contributed by atoms with E-state index in [-0.39, 0.29) is 11.2 Å². The van der Waals surface area contributed by atoms with Crippen molar-refractivity contribution in [2.45, 2.75) is 51.7 Å². The highest BCUT2D eigenvalue weighted by atomic mass is 16.5. The molecule has 2 aliphatic heterocycles. The Morgan fingerprint density at radius 2 is 0.872 bits per heavy atom. The summed E-state index contributed by atoms with van der Waals surface area (Å²) in [6, 6.07) is 53.0. The van der Waals surface area contributed by atoms with Gasteiger partial charge in [-0.1, -0.05) is 83.9 Å². The van der Waals surface area contributed by atoms with Gasteiger partial charge in [-0.15, -0.1) is 0 Å². The Bertz CT molecular complexity index is 1970. The van der Waals surface area contributed by atoms with Gasteiger partial charge in [0.15, 0.2) is 0 Å². The van der Waals surface area contributed by atoms with E-state index < -0.39 is 0 Å². The number of aryl methyl sites for hydroxylation is 2. The van der Waals surface area contributed by atoms with Crippen LogP contribution in [0.5, 0.6) is 0 Å². The third-order valence-electron chi connectivity index (χ3n) is 10.1. The zero-order valence-corrected chi connectivity index (χ0v) is 27.6. The minimum atomic E-state index is -0.240. The smallest absolute Gasteiger partial charge is 0.0920 e. The van der Waals surface area contributed by atoms with Gasteiger partial charge in [0, 0.05) is 34.1 Å². The monoisotopic (exact) mass is 612 g/mol. The molecule has 6 aromatic carbocycles. The molecule has 2 atom stereocenters. The van der Waals surface area contributed by atoms with E-state index in [1.54, 1.807) is 0 Å². The highest BCUT2D eigenvalue weighted by Gasteiger charge is 2.54. The predicted octanol–water partition coefficient (Wildman–Crippen LogP) is 12.2. The molecular weight excluding hydrogens is 572 g/mol. The van der Waals surface area contributed by atoms with E-state index in [4.69, 9.17) is 4.74 Å². The molecule has 1 fully saturated rings. The van der Waals surface area contributed by atoms with Crippen molar-refractivity contribution in [2.75, 3.05) is 9.80 Å².